The van der Waals surface area contributed by atoms with E-state index in [1.807, 2.05) is 18.2 Å². The van der Waals surface area contributed by atoms with Crippen LogP contribution < -0.4 is 10.2 Å². The van der Waals surface area contributed by atoms with Crippen molar-refractivity contribution in [3.63, 3.8) is 0 Å². The molecule has 2 heterocycles. The number of rotatable bonds is 5. The summed E-state index contributed by atoms with van der Waals surface area (Å²) >= 11 is 0. The molecule has 134 valence electrons. The minimum absolute atomic E-state index is 0.140. The summed E-state index contributed by atoms with van der Waals surface area (Å²) in [6.07, 6.45) is -2.39. The normalized spacial score (nSPS) is 16.4. The van der Waals surface area contributed by atoms with E-state index >= 15 is 0 Å². The molecule has 0 radical (unpaired) electrons. The molecule has 0 bridgehead atoms. The summed E-state index contributed by atoms with van der Waals surface area (Å²) < 4.78 is 36.3. The molecule has 0 saturated carbocycles. The number of hydrogen-bond acceptors (Lipinski definition) is 3. The Bertz CT molecular complexity index is 510. The van der Waals surface area contributed by atoms with Crippen LogP contribution in [0.25, 0.3) is 0 Å². The van der Waals surface area contributed by atoms with Gasteiger partial charge in [0.25, 0.3) is 0 Å². The fourth-order valence-electron chi connectivity index (χ4n) is 2.67. The molecule has 2 rings (SSSR count). The van der Waals surface area contributed by atoms with Crippen LogP contribution >= 0.6 is 0 Å². The summed E-state index contributed by atoms with van der Waals surface area (Å²) in [5, 5.41) is 3.15. The number of halogens is 3. The number of guanidine groups is 1. The van der Waals surface area contributed by atoms with Crippen LogP contribution in [0.3, 0.4) is 0 Å². The lowest BCUT2D eigenvalue weighted by molar-refractivity contribution is -0.135. The van der Waals surface area contributed by atoms with Crippen molar-refractivity contribution in [2.45, 2.75) is 25.4 Å². The molecular weight excluding hydrogens is 319 g/mol. The maximum absolute atomic E-state index is 12.1. The van der Waals surface area contributed by atoms with E-state index in [1.54, 1.807) is 13.2 Å². The molecule has 0 amide bonds. The number of piperazine rings is 1. The quantitative estimate of drug-likeness (QED) is 0.507. The van der Waals surface area contributed by atoms with Crippen LogP contribution in [0.4, 0.5) is 19.0 Å². The van der Waals surface area contributed by atoms with Gasteiger partial charge < -0.3 is 15.1 Å². The van der Waals surface area contributed by atoms with Gasteiger partial charge in [0.15, 0.2) is 5.96 Å². The fraction of sp³-hybridized carbons (Fsp3) is 0.625. The molecule has 1 fully saturated rings. The average Bonchev–Trinajstić information content (AvgIpc) is 2.58. The van der Waals surface area contributed by atoms with Gasteiger partial charge in [-0.1, -0.05) is 6.07 Å². The number of aliphatic imine (C=N–C) groups is 1. The highest BCUT2D eigenvalue weighted by Crippen LogP contribution is 2.21. The molecule has 1 aliphatic heterocycles. The highest BCUT2D eigenvalue weighted by molar-refractivity contribution is 5.80. The van der Waals surface area contributed by atoms with Gasteiger partial charge in [0.1, 0.15) is 5.82 Å². The lowest BCUT2D eigenvalue weighted by Gasteiger charge is -2.37. The van der Waals surface area contributed by atoms with Crippen molar-refractivity contribution in [3.8, 4) is 0 Å². The average molecular weight is 343 g/mol. The first-order valence-corrected chi connectivity index (χ1v) is 8.18. The number of unbranched alkanes of at least 4 members (excludes halogenated alkanes) is 1. The fourth-order valence-corrected chi connectivity index (χ4v) is 2.67. The zero-order valence-electron chi connectivity index (χ0n) is 13.9. The van der Waals surface area contributed by atoms with Gasteiger partial charge >= 0.3 is 6.18 Å². The third-order valence-electron chi connectivity index (χ3n) is 3.93. The smallest absolute Gasteiger partial charge is 0.356 e. The van der Waals surface area contributed by atoms with Gasteiger partial charge in [-0.3, -0.25) is 4.99 Å². The van der Waals surface area contributed by atoms with E-state index in [9.17, 15) is 13.2 Å². The second-order valence-electron chi connectivity index (χ2n) is 5.71. The Morgan fingerprint density at radius 1 is 1.21 bits per heavy atom. The second kappa shape index (κ2) is 8.75. The Labute approximate surface area is 140 Å². The number of anilines is 1. The Balaban J connectivity index is 1.71. The molecule has 0 aromatic carbocycles. The first-order chi connectivity index (χ1) is 11.5. The topological polar surface area (TPSA) is 43.8 Å². The van der Waals surface area contributed by atoms with Gasteiger partial charge in [0.2, 0.25) is 0 Å². The molecule has 1 aromatic rings. The lowest BCUT2D eigenvalue weighted by Crippen LogP contribution is -2.52. The minimum Gasteiger partial charge on any atom is -0.356 e. The van der Waals surface area contributed by atoms with E-state index in [0.29, 0.717) is 13.0 Å². The third-order valence-corrected chi connectivity index (χ3v) is 3.93. The van der Waals surface area contributed by atoms with Crippen LogP contribution in [0.1, 0.15) is 19.3 Å². The van der Waals surface area contributed by atoms with Gasteiger partial charge in [-0.15, -0.1) is 0 Å². The zero-order chi connectivity index (χ0) is 17.4. The first-order valence-electron chi connectivity index (χ1n) is 8.18. The SMILES string of the molecule is CN=C(NCCCCC(F)(F)F)N1CCN(c2ccccn2)CC1. The Morgan fingerprint density at radius 2 is 1.96 bits per heavy atom. The molecule has 1 saturated heterocycles. The van der Waals surface area contributed by atoms with Crippen molar-refractivity contribution in [1.29, 1.82) is 0 Å². The first kappa shape index (κ1) is 18.4. The Kier molecular flexibility index (Phi) is 6.69. The Hall–Kier alpha value is -1.99. The predicted octanol–water partition coefficient (Wildman–Crippen LogP) is 2.51. The number of nitrogens with zero attached hydrogens (tertiary/aromatic N) is 4. The number of hydrogen-bond donors (Lipinski definition) is 1. The highest BCUT2D eigenvalue weighted by atomic mass is 19.4. The van der Waals surface area contributed by atoms with Gasteiger partial charge in [0, 0.05) is 52.4 Å². The van der Waals surface area contributed by atoms with Crippen LogP contribution in [0.2, 0.25) is 0 Å². The molecule has 0 aliphatic carbocycles. The summed E-state index contributed by atoms with van der Waals surface area (Å²) in [6, 6.07) is 5.85. The maximum atomic E-state index is 12.1. The molecule has 5 nitrogen and oxygen atoms in total. The molecule has 1 aliphatic rings. The molecule has 1 N–H and O–H groups in total. The summed E-state index contributed by atoms with van der Waals surface area (Å²) in [5.41, 5.74) is 0. The monoisotopic (exact) mass is 343 g/mol. The largest absolute Gasteiger partial charge is 0.389 e. The van der Waals surface area contributed by atoms with Crippen molar-refractivity contribution in [2.75, 3.05) is 44.7 Å². The summed E-state index contributed by atoms with van der Waals surface area (Å²) in [5.74, 6) is 1.72. The van der Waals surface area contributed by atoms with Crippen LogP contribution in [0, 0.1) is 0 Å². The summed E-state index contributed by atoms with van der Waals surface area (Å²) in [7, 11) is 1.70. The summed E-state index contributed by atoms with van der Waals surface area (Å²) in [6.45, 7) is 3.79. The standard InChI is InChI=1S/C16H24F3N5/c1-20-15(22-9-5-3-7-16(17,18)19)24-12-10-23(11-13-24)14-6-2-4-8-21-14/h2,4,6,8H,3,5,7,9-13H2,1H3,(H,20,22). The van der Waals surface area contributed by atoms with E-state index in [0.717, 1.165) is 38.0 Å². The molecule has 8 heteroatoms. The van der Waals surface area contributed by atoms with Gasteiger partial charge in [-0.25, -0.2) is 4.98 Å². The molecule has 1 aromatic heterocycles. The predicted molar refractivity (Wildman–Crippen MR) is 89.3 cm³/mol. The van der Waals surface area contributed by atoms with E-state index in [1.165, 1.54) is 0 Å². The number of pyridine rings is 1. The minimum atomic E-state index is -4.07. The lowest BCUT2D eigenvalue weighted by atomic mass is 10.2. The van der Waals surface area contributed by atoms with E-state index < -0.39 is 12.6 Å². The van der Waals surface area contributed by atoms with Crippen molar-refractivity contribution in [3.05, 3.63) is 24.4 Å². The van der Waals surface area contributed by atoms with Crippen LogP contribution in [0.5, 0.6) is 0 Å². The molecule has 0 unspecified atom stereocenters. The van der Waals surface area contributed by atoms with Crippen molar-refractivity contribution in [2.24, 2.45) is 4.99 Å². The van der Waals surface area contributed by atoms with Gasteiger partial charge in [-0.05, 0) is 25.0 Å². The van der Waals surface area contributed by atoms with Crippen LogP contribution in [-0.2, 0) is 0 Å². The molecule has 0 spiro atoms. The second-order valence-corrected chi connectivity index (χ2v) is 5.71. The van der Waals surface area contributed by atoms with E-state index in [2.05, 4.69) is 25.1 Å². The molecule has 0 atom stereocenters. The molecule has 24 heavy (non-hydrogen) atoms. The zero-order valence-corrected chi connectivity index (χ0v) is 13.9. The van der Waals surface area contributed by atoms with E-state index in [4.69, 9.17) is 0 Å². The Morgan fingerprint density at radius 3 is 2.54 bits per heavy atom. The highest BCUT2D eigenvalue weighted by Gasteiger charge is 2.26. The number of aromatic nitrogens is 1. The van der Waals surface area contributed by atoms with Crippen molar-refractivity contribution < 1.29 is 13.2 Å². The van der Waals surface area contributed by atoms with Crippen molar-refractivity contribution >= 4 is 11.8 Å². The van der Waals surface area contributed by atoms with Gasteiger partial charge in [0.05, 0.1) is 0 Å². The van der Waals surface area contributed by atoms with Crippen LogP contribution in [0.15, 0.2) is 29.4 Å². The number of nitrogens with one attached hydrogen (secondary N) is 1. The van der Waals surface area contributed by atoms with Crippen molar-refractivity contribution in [1.82, 2.24) is 15.2 Å². The number of alkyl halides is 3. The third kappa shape index (κ3) is 5.90. The van der Waals surface area contributed by atoms with Crippen LogP contribution in [-0.4, -0.2) is 61.8 Å². The van der Waals surface area contributed by atoms with Gasteiger partial charge in [-0.2, -0.15) is 13.2 Å². The van der Waals surface area contributed by atoms with E-state index in [-0.39, 0.29) is 6.42 Å². The summed E-state index contributed by atoms with van der Waals surface area (Å²) in [4.78, 5) is 12.9. The molecular formula is C16H24F3N5. The maximum Gasteiger partial charge on any atom is 0.389 e.